The Morgan fingerprint density at radius 3 is 1.35 bits per heavy atom. The van der Waals surface area contributed by atoms with E-state index in [9.17, 15) is 0 Å². The number of nitrogens with one attached hydrogen (secondary N) is 1. The molecule has 0 amide bonds. The number of rotatable bonds is 0. The lowest BCUT2D eigenvalue weighted by molar-refractivity contribution is -0.00530. The monoisotopic (exact) mass is 239 g/mol. The first-order valence-corrected chi connectivity index (χ1v) is 8.02. The van der Waals surface area contributed by atoms with Gasteiger partial charge in [0, 0.05) is 11.1 Å². The molecule has 1 N–H and O–H groups in total. The number of hydrogen-bond donors (Lipinski definition) is 1. The van der Waals surface area contributed by atoms with Gasteiger partial charge in [-0.3, -0.25) is 0 Å². The van der Waals surface area contributed by atoms with Gasteiger partial charge in [0.15, 0.2) is 0 Å². The number of hydrogen-bond acceptors (Lipinski definition) is 1. The van der Waals surface area contributed by atoms with Crippen molar-refractivity contribution in [3.63, 3.8) is 0 Å². The van der Waals surface area contributed by atoms with Crippen LogP contribution in [0.25, 0.3) is 0 Å². The molecule has 2 spiro atoms. The third-order valence-corrected chi connectivity index (χ3v) is 4.63. The topological polar surface area (TPSA) is 12.0 Å². The molecule has 1 heteroatoms. The van der Waals surface area contributed by atoms with Gasteiger partial charge in [-0.25, -0.2) is 0 Å². The Morgan fingerprint density at radius 2 is 1.12 bits per heavy atom. The minimum Gasteiger partial charge on any atom is -0.306 e. The maximum atomic E-state index is 4.01. The molecule has 2 saturated carbocycles. The summed E-state index contributed by atoms with van der Waals surface area (Å²) in [4.78, 5) is 0. The van der Waals surface area contributed by atoms with E-state index >= 15 is 0 Å². The van der Waals surface area contributed by atoms with Crippen LogP contribution in [-0.4, -0.2) is 11.1 Å². The first kappa shape index (κ1) is 15.0. The smallest absolute Gasteiger partial charge is 0.0189 e. The van der Waals surface area contributed by atoms with Gasteiger partial charge < -0.3 is 5.32 Å². The molecule has 0 unspecified atom stereocenters. The normalized spacial score (nSPS) is 31.2. The van der Waals surface area contributed by atoms with Gasteiger partial charge in [0.25, 0.3) is 0 Å². The molecule has 3 aliphatic rings. The summed E-state index contributed by atoms with van der Waals surface area (Å²) in [5.41, 5.74) is 1.22. The van der Waals surface area contributed by atoms with Crippen molar-refractivity contribution in [2.75, 3.05) is 0 Å². The maximum Gasteiger partial charge on any atom is 0.0189 e. The molecular formula is C16H33N. The molecule has 0 atom stereocenters. The van der Waals surface area contributed by atoms with Crippen LogP contribution in [-0.2, 0) is 0 Å². The van der Waals surface area contributed by atoms with E-state index in [1.54, 1.807) is 0 Å². The molecular weight excluding hydrogens is 206 g/mol. The molecule has 0 aromatic carbocycles. The Balaban J connectivity index is 0.000000330. The Bertz CT molecular complexity index is 192. The predicted molar refractivity (Wildman–Crippen MR) is 77.4 cm³/mol. The fourth-order valence-electron chi connectivity index (χ4n) is 3.94. The first-order valence-electron chi connectivity index (χ1n) is 8.02. The van der Waals surface area contributed by atoms with Crippen molar-refractivity contribution in [2.45, 2.75) is 97.1 Å². The summed E-state index contributed by atoms with van der Waals surface area (Å²) in [6.45, 7) is 10.5. The quantitative estimate of drug-likeness (QED) is 0.634. The van der Waals surface area contributed by atoms with E-state index in [0.717, 1.165) is 5.92 Å². The summed E-state index contributed by atoms with van der Waals surface area (Å²) in [6.07, 6.45) is 11.7. The van der Waals surface area contributed by atoms with Gasteiger partial charge in [0.2, 0.25) is 0 Å². The summed E-state index contributed by atoms with van der Waals surface area (Å²) in [6, 6.07) is 0. The summed E-state index contributed by atoms with van der Waals surface area (Å²) in [5, 5.41) is 4.01. The zero-order chi connectivity index (χ0) is 12.9. The Hall–Kier alpha value is -0.0400. The van der Waals surface area contributed by atoms with Gasteiger partial charge in [0.05, 0.1) is 0 Å². The summed E-state index contributed by atoms with van der Waals surface area (Å²) in [5.74, 6) is 0.974. The lowest BCUT2D eigenvalue weighted by atomic mass is 9.60. The minimum absolute atomic E-state index is 0.609. The zero-order valence-corrected chi connectivity index (χ0v) is 12.7. The van der Waals surface area contributed by atoms with E-state index in [1.807, 2.05) is 27.7 Å². The highest BCUT2D eigenvalue weighted by Gasteiger charge is 2.51. The van der Waals surface area contributed by atoms with Gasteiger partial charge in [-0.1, -0.05) is 34.6 Å². The van der Waals surface area contributed by atoms with Crippen LogP contribution in [0.3, 0.4) is 0 Å². The van der Waals surface area contributed by atoms with Gasteiger partial charge >= 0.3 is 0 Å². The largest absolute Gasteiger partial charge is 0.306 e. The molecule has 17 heavy (non-hydrogen) atoms. The van der Waals surface area contributed by atoms with Crippen LogP contribution >= 0.6 is 0 Å². The van der Waals surface area contributed by atoms with Crippen LogP contribution < -0.4 is 5.32 Å². The molecule has 1 aliphatic heterocycles. The van der Waals surface area contributed by atoms with E-state index in [-0.39, 0.29) is 0 Å². The second kappa shape index (κ2) is 6.22. The van der Waals surface area contributed by atoms with Crippen molar-refractivity contribution in [1.82, 2.24) is 5.32 Å². The van der Waals surface area contributed by atoms with Crippen molar-refractivity contribution in [2.24, 2.45) is 5.92 Å². The van der Waals surface area contributed by atoms with Crippen LogP contribution in [0.1, 0.15) is 86.0 Å². The summed E-state index contributed by atoms with van der Waals surface area (Å²) >= 11 is 0. The minimum atomic E-state index is 0.609. The van der Waals surface area contributed by atoms with E-state index in [2.05, 4.69) is 12.2 Å². The van der Waals surface area contributed by atoms with Crippen molar-refractivity contribution < 1.29 is 0 Å². The van der Waals surface area contributed by atoms with Gasteiger partial charge in [-0.2, -0.15) is 0 Å². The average molecular weight is 239 g/mol. The van der Waals surface area contributed by atoms with Crippen LogP contribution in [0, 0.1) is 5.92 Å². The molecule has 0 radical (unpaired) electrons. The Kier molecular flexibility index (Phi) is 5.50. The molecule has 1 nitrogen and oxygen atoms in total. The van der Waals surface area contributed by atoms with E-state index in [1.165, 1.54) is 51.4 Å². The highest BCUT2D eigenvalue weighted by molar-refractivity contribution is 5.10. The highest BCUT2D eigenvalue weighted by Crippen LogP contribution is 2.50. The van der Waals surface area contributed by atoms with E-state index < -0.39 is 0 Å². The summed E-state index contributed by atoms with van der Waals surface area (Å²) < 4.78 is 0. The molecule has 0 aromatic heterocycles. The second-order valence-corrected chi connectivity index (χ2v) is 5.91. The SMILES string of the molecule is CC.CC.CC1CC2(CCC2)NC2(CCC2)C1. The third-order valence-electron chi connectivity index (χ3n) is 4.63. The Labute approximate surface area is 109 Å². The molecule has 1 heterocycles. The van der Waals surface area contributed by atoms with Crippen molar-refractivity contribution in [3.8, 4) is 0 Å². The van der Waals surface area contributed by atoms with Crippen LogP contribution in [0.5, 0.6) is 0 Å². The number of piperidine rings is 1. The van der Waals surface area contributed by atoms with Gasteiger partial charge in [-0.05, 0) is 57.3 Å². The fourth-order valence-corrected chi connectivity index (χ4v) is 3.94. The van der Waals surface area contributed by atoms with Crippen molar-refractivity contribution in [1.29, 1.82) is 0 Å². The van der Waals surface area contributed by atoms with Gasteiger partial charge in [0.1, 0.15) is 0 Å². The molecule has 3 rings (SSSR count). The van der Waals surface area contributed by atoms with Crippen molar-refractivity contribution in [3.05, 3.63) is 0 Å². The Morgan fingerprint density at radius 1 is 0.765 bits per heavy atom. The predicted octanol–water partition coefficient (Wildman–Crippen LogP) is 4.90. The lowest BCUT2D eigenvalue weighted by Crippen LogP contribution is -2.68. The van der Waals surface area contributed by atoms with Crippen molar-refractivity contribution >= 4 is 0 Å². The van der Waals surface area contributed by atoms with E-state index in [4.69, 9.17) is 0 Å². The van der Waals surface area contributed by atoms with Crippen LogP contribution in [0.15, 0.2) is 0 Å². The first-order chi connectivity index (χ1) is 8.22. The fraction of sp³-hybridized carbons (Fsp3) is 1.00. The van der Waals surface area contributed by atoms with Crippen LogP contribution in [0.4, 0.5) is 0 Å². The van der Waals surface area contributed by atoms with Gasteiger partial charge in [-0.15, -0.1) is 0 Å². The third kappa shape index (κ3) is 3.05. The second-order valence-electron chi connectivity index (χ2n) is 5.91. The molecule has 1 saturated heterocycles. The molecule has 2 aliphatic carbocycles. The standard InChI is InChI=1S/C12H21N.2C2H6/c1-10-8-11(4-2-5-11)13-12(9-10)6-3-7-12;2*1-2/h10,13H,2-9H2,1H3;2*1-2H3. The van der Waals surface area contributed by atoms with Crippen LogP contribution in [0.2, 0.25) is 0 Å². The molecule has 0 bridgehead atoms. The zero-order valence-electron chi connectivity index (χ0n) is 12.7. The molecule has 0 aromatic rings. The molecule has 3 fully saturated rings. The average Bonchev–Trinajstić information content (AvgIpc) is 2.29. The highest BCUT2D eigenvalue weighted by atomic mass is 15.1. The summed E-state index contributed by atoms with van der Waals surface area (Å²) in [7, 11) is 0. The lowest BCUT2D eigenvalue weighted by Gasteiger charge is -2.59. The molecule has 102 valence electrons. The van der Waals surface area contributed by atoms with E-state index in [0.29, 0.717) is 11.1 Å². The maximum absolute atomic E-state index is 4.01.